The van der Waals surface area contributed by atoms with E-state index in [1.165, 1.54) is 11.1 Å². The Balaban J connectivity index is 2.34. The number of nitrogens with zero attached hydrogens (tertiary/aromatic N) is 2. The van der Waals surface area contributed by atoms with Crippen LogP contribution in [0.4, 0.5) is 0 Å². The monoisotopic (exact) mass is 155 g/mol. The largest absolute Gasteiger partial charge is 0.325 e. The molecule has 0 N–H and O–H groups in total. The van der Waals surface area contributed by atoms with E-state index in [9.17, 15) is 0 Å². The van der Waals surface area contributed by atoms with Crippen LogP contribution < -0.4 is 0 Å². The Hall–Kier alpha value is -1.57. The normalized spacial score (nSPS) is 12.7. The zero-order valence-corrected chi connectivity index (χ0v) is 6.49. The molecule has 2 heterocycles. The van der Waals surface area contributed by atoms with E-state index in [0.717, 1.165) is 12.2 Å². The second kappa shape index (κ2) is 1.97. The van der Waals surface area contributed by atoms with Gasteiger partial charge in [0.05, 0.1) is 12.0 Å². The lowest BCUT2D eigenvalue weighted by molar-refractivity contribution is 0.840. The molecule has 12 heavy (non-hydrogen) atoms. The van der Waals surface area contributed by atoms with E-state index in [4.69, 9.17) is 0 Å². The van der Waals surface area contributed by atoms with Gasteiger partial charge in [-0.2, -0.15) is 0 Å². The first kappa shape index (κ1) is 6.00. The van der Waals surface area contributed by atoms with Crippen molar-refractivity contribution in [1.29, 1.82) is 0 Å². The molecule has 1 aromatic heterocycles. The molecule has 0 saturated heterocycles. The van der Waals surface area contributed by atoms with Crippen LogP contribution in [0.1, 0.15) is 5.56 Å². The molecule has 57 valence electrons. The summed E-state index contributed by atoms with van der Waals surface area (Å²) in [5.74, 6) is 0. The maximum absolute atomic E-state index is 3.98. The van der Waals surface area contributed by atoms with Gasteiger partial charge in [-0.15, -0.1) is 0 Å². The molecule has 2 nitrogen and oxygen atoms in total. The van der Waals surface area contributed by atoms with Crippen LogP contribution >= 0.6 is 0 Å². The topological polar surface area (TPSA) is 17.8 Å². The van der Waals surface area contributed by atoms with Crippen molar-refractivity contribution < 1.29 is 0 Å². The molecular formula is C10H7N2. The van der Waals surface area contributed by atoms with Crippen molar-refractivity contribution in [3.63, 3.8) is 0 Å². The lowest BCUT2D eigenvalue weighted by Gasteiger charge is -1.93. The third-order valence-electron chi connectivity index (χ3n) is 2.27. The lowest BCUT2D eigenvalue weighted by atomic mass is 10.1. The summed E-state index contributed by atoms with van der Waals surface area (Å²) in [5.41, 5.74) is 3.76. The Bertz CT molecular complexity index is 429. The minimum Gasteiger partial charge on any atom is -0.325 e. The minimum absolute atomic E-state index is 0.946. The molecule has 0 spiro atoms. The van der Waals surface area contributed by atoms with Gasteiger partial charge in [0.1, 0.15) is 6.20 Å². The zero-order chi connectivity index (χ0) is 7.97. The van der Waals surface area contributed by atoms with E-state index < -0.39 is 0 Å². The molecule has 1 aliphatic heterocycles. The Morgan fingerprint density at radius 3 is 3.25 bits per heavy atom. The quantitative estimate of drug-likeness (QED) is 0.483. The van der Waals surface area contributed by atoms with E-state index in [-0.39, 0.29) is 0 Å². The molecule has 1 aliphatic rings. The van der Waals surface area contributed by atoms with Crippen LogP contribution in [0.3, 0.4) is 0 Å². The molecule has 2 aromatic rings. The van der Waals surface area contributed by atoms with Crippen LogP contribution in [0.25, 0.3) is 11.3 Å². The van der Waals surface area contributed by atoms with Crippen molar-refractivity contribution in [2.45, 2.75) is 6.54 Å². The van der Waals surface area contributed by atoms with E-state index in [1.807, 2.05) is 6.33 Å². The number of imidazole rings is 1. The Morgan fingerprint density at radius 2 is 2.25 bits per heavy atom. The van der Waals surface area contributed by atoms with Crippen LogP contribution in [0.5, 0.6) is 0 Å². The molecule has 0 aliphatic carbocycles. The van der Waals surface area contributed by atoms with Gasteiger partial charge in [-0.25, -0.2) is 4.98 Å². The molecule has 0 unspecified atom stereocenters. The Kier molecular flexibility index (Phi) is 0.987. The highest BCUT2D eigenvalue weighted by molar-refractivity contribution is 5.66. The fraction of sp³-hybridized carbons (Fsp3) is 0.100. The van der Waals surface area contributed by atoms with Crippen molar-refractivity contribution in [2.24, 2.45) is 0 Å². The Labute approximate surface area is 70.5 Å². The molecule has 0 bridgehead atoms. The van der Waals surface area contributed by atoms with Crippen molar-refractivity contribution in [2.75, 3.05) is 0 Å². The van der Waals surface area contributed by atoms with Gasteiger partial charge in [0, 0.05) is 12.1 Å². The van der Waals surface area contributed by atoms with Gasteiger partial charge in [0.2, 0.25) is 0 Å². The van der Waals surface area contributed by atoms with Gasteiger partial charge in [0.25, 0.3) is 0 Å². The van der Waals surface area contributed by atoms with E-state index >= 15 is 0 Å². The van der Waals surface area contributed by atoms with Gasteiger partial charge >= 0.3 is 0 Å². The lowest BCUT2D eigenvalue weighted by Crippen LogP contribution is -1.88. The van der Waals surface area contributed by atoms with Crippen molar-refractivity contribution in [3.8, 4) is 11.3 Å². The predicted molar refractivity (Wildman–Crippen MR) is 45.6 cm³/mol. The van der Waals surface area contributed by atoms with Crippen molar-refractivity contribution in [1.82, 2.24) is 9.55 Å². The molecule has 0 atom stereocenters. The predicted octanol–water partition coefficient (Wildman–Crippen LogP) is 1.71. The van der Waals surface area contributed by atoms with Gasteiger partial charge in [0.15, 0.2) is 0 Å². The molecule has 0 amide bonds. The second-order valence-electron chi connectivity index (χ2n) is 2.99. The van der Waals surface area contributed by atoms with Crippen molar-refractivity contribution in [3.05, 3.63) is 42.4 Å². The smallest absolute Gasteiger partial charge is 0.117 e. The number of rotatable bonds is 0. The SMILES string of the molecule is [c]1ncn2c1-c1ccccc1C2. The first-order valence-electron chi connectivity index (χ1n) is 3.96. The summed E-state index contributed by atoms with van der Waals surface area (Å²) < 4.78 is 2.12. The van der Waals surface area contributed by atoms with E-state index in [0.29, 0.717) is 0 Å². The standard InChI is InChI=1S/C10H7N2/c1-2-4-9-8(3-1)6-12-7-11-5-10(9)12/h1-4,7H,6H2. The highest BCUT2D eigenvalue weighted by Gasteiger charge is 2.16. The summed E-state index contributed by atoms with van der Waals surface area (Å²) in [4.78, 5) is 3.98. The summed E-state index contributed by atoms with van der Waals surface area (Å²) in [7, 11) is 0. The maximum atomic E-state index is 3.98. The molecular weight excluding hydrogens is 148 g/mol. The fourth-order valence-corrected chi connectivity index (χ4v) is 1.69. The number of fused-ring (bicyclic) bond motifs is 3. The van der Waals surface area contributed by atoms with Gasteiger partial charge < -0.3 is 4.57 Å². The molecule has 0 fully saturated rings. The van der Waals surface area contributed by atoms with E-state index in [1.54, 1.807) is 0 Å². The van der Waals surface area contributed by atoms with Gasteiger partial charge in [-0.05, 0) is 5.56 Å². The summed E-state index contributed by atoms with van der Waals surface area (Å²) in [6.45, 7) is 0.946. The number of benzene rings is 1. The number of aromatic nitrogens is 2. The number of hydrogen-bond acceptors (Lipinski definition) is 1. The summed E-state index contributed by atoms with van der Waals surface area (Å²) >= 11 is 0. The number of hydrogen-bond donors (Lipinski definition) is 0. The summed E-state index contributed by atoms with van der Waals surface area (Å²) in [6.07, 6.45) is 4.82. The zero-order valence-electron chi connectivity index (χ0n) is 6.49. The van der Waals surface area contributed by atoms with Crippen LogP contribution in [-0.4, -0.2) is 9.55 Å². The Morgan fingerprint density at radius 1 is 1.33 bits per heavy atom. The van der Waals surface area contributed by atoms with Crippen LogP contribution in [0.15, 0.2) is 30.6 Å². The maximum Gasteiger partial charge on any atom is 0.117 e. The van der Waals surface area contributed by atoms with Gasteiger partial charge in [-0.3, -0.25) is 0 Å². The molecule has 0 saturated carbocycles. The van der Waals surface area contributed by atoms with Crippen LogP contribution in [0, 0.1) is 6.20 Å². The highest BCUT2D eigenvalue weighted by Crippen LogP contribution is 2.29. The average Bonchev–Trinajstić information content (AvgIpc) is 2.62. The van der Waals surface area contributed by atoms with Crippen molar-refractivity contribution >= 4 is 0 Å². The fourth-order valence-electron chi connectivity index (χ4n) is 1.69. The summed E-state index contributed by atoms with van der Waals surface area (Å²) in [5, 5.41) is 0. The van der Waals surface area contributed by atoms with Crippen LogP contribution in [-0.2, 0) is 6.54 Å². The first-order chi connectivity index (χ1) is 5.95. The van der Waals surface area contributed by atoms with Crippen LogP contribution in [0.2, 0.25) is 0 Å². The minimum atomic E-state index is 0.946. The second-order valence-corrected chi connectivity index (χ2v) is 2.99. The molecule has 1 aromatic carbocycles. The third-order valence-corrected chi connectivity index (χ3v) is 2.27. The average molecular weight is 155 g/mol. The van der Waals surface area contributed by atoms with E-state index in [2.05, 4.69) is 40.0 Å². The molecule has 3 rings (SSSR count). The third kappa shape index (κ3) is 0.619. The highest BCUT2D eigenvalue weighted by atomic mass is 15.1. The molecule has 1 radical (unpaired) electrons. The van der Waals surface area contributed by atoms with Gasteiger partial charge in [-0.1, -0.05) is 24.3 Å². The summed E-state index contributed by atoms with van der Waals surface area (Å²) in [6, 6.07) is 8.39. The molecule has 2 heteroatoms. The first-order valence-corrected chi connectivity index (χ1v) is 3.96.